The van der Waals surface area contributed by atoms with E-state index in [4.69, 9.17) is 4.74 Å². The van der Waals surface area contributed by atoms with Crippen LogP contribution in [0.4, 0.5) is 4.79 Å². The van der Waals surface area contributed by atoms with E-state index in [9.17, 15) is 4.79 Å². The third-order valence-electron chi connectivity index (χ3n) is 5.11. The number of rotatable bonds is 8. The molecule has 140 valence electrons. The van der Waals surface area contributed by atoms with Gasteiger partial charge >= 0.3 is 6.03 Å². The number of amides is 2. The van der Waals surface area contributed by atoms with Crippen LogP contribution in [0.5, 0.6) is 0 Å². The molecule has 1 atom stereocenters. The molecule has 5 nitrogen and oxygen atoms in total. The molecule has 1 heterocycles. The van der Waals surface area contributed by atoms with Gasteiger partial charge in [-0.15, -0.1) is 0 Å². The molecule has 2 amide bonds. The Morgan fingerprint density at radius 3 is 2.56 bits per heavy atom. The Morgan fingerprint density at radius 2 is 1.92 bits per heavy atom. The molecule has 1 aliphatic heterocycles. The molecule has 0 spiro atoms. The van der Waals surface area contributed by atoms with Gasteiger partial charge in [0, 0.05) is 32.2 Å². The van der Waals surface area contributed by atoms with Crippen LogP contribution in [0.3, 0.4) is 0 Å². The molecule has 1 aromatic rings. The average molecular weight is 348 g/mol. The molecule has 5 heteroatoms. The van der Waals surface area contributed by atoms with Crippen molar-refractivity contribution in [3.63, 3.8) is 0 Å². The first kappa shape index (κ1) is 19.7. The fourth-order valence-corrected chi connectivity index (χ4v) is 3.60. The predicted octanol–water partition coefficient (Wildman–Crippen LogP) is 2.93. The highest BCUT2D eigenvalue weighted by atomic mass is 16.5. The summed E-state index contributed by atoms with van der Waals surface area (Å²) in [6.45, 7) is 11.3. The van der Waals surface area contributed by atoms with Crippen LogP contribution >= 0.6 is 0 Å². The minimum absolute atomic E-state index is 0.0919. The van der Waals surface area contributed by atoms with Gasteiger partial charge in [0.05, 0.1) is 13.2 Å². The molecule has 1 fully saturated rings. The molecule has 1 aliphatic rings. The fourth-order valence-electron chi connectivity index (χ4n) is 3.60. The quantitative estimate of drug-likeness (QED) is 0.760. The van der Waals surface area contributed by atoms with Crippen molar-refractivity contribution in [1.82, 2.24) is 15.5 Å². The van der Waals surface area contributed by atoms with Crippen LogP contribution in [0.15, 0.2) is 24.3 Å². The Labute approximate surface area is 152 Å². The molecule has 2 N–H and O–H groups in total. The second-order valence-electron chi connectivity index (χ2n) is 6.84. The van der Waals surface area contributed by atoms with E-state index in [1.807, 2.05) is 12.1 Å². The third kappa shape index (κ3) is 6.33. The maximum absolute atomic E-state index is 12.2. The molecule has 1 aromatic carbocycles. The molecule has 0 aliphatic carbocycles. The molecule has 1 saturated heterocycles. The molecular weight excluding hydrogens is 314 g/mol. The molecule has 25 heavy (non-hydrogen) atoms. The molecule has 0 saturated carbocycles. The van der Waals surface area contributed by atoms with E-state index in [1.54, 1.807) is 0 Å². The maximum atomic E-state index is 12.2. The standard InChI is InChI=1S/C20H33N3O2/c1-4-18(5-2)19(23-9-11-25-12-10-23)15-22-20(24)21-14-17-8-6-7-16(3)13-17/h6-8,13,18-19H,4-5,9-12,14-15H2,1-3H3,(H2,21,22,24). The van der Waals surface area contributed by atoms with Crippen molar-refractivity contribution in [3.05, 3.63) is 35.4 Å². The maximum Gasteiger partial charge on any atom is 0.315 e. The third-order valence-corrected chi connectivity index (χ3v) is 5.11. The molecule has 0 aromatic heterocycles. The number of nitrogens with one attached hydrogen (secondary N) is 2. The SMILES string of the molecule is CCC(CC)C(CNC(=O)NCc1cccc(C)c1)N1CCOCC1. The van der Waals surface area contributed by atoms with Gasteiger partial charge < -0.3 is 15.4 Å². The van der Waals surface area contributed by atoms with Gasteiger partial charge in [-0.05, 0) is 18.4 Å². The Balaban J connectivity index is 1.84. The number of carbonyl (C=O) groups is 1. The highest BCUT2D eigenvalue weighted by molar-refractivity contribution is 5.73. The van der Waals surface area contributed by atoms with Crippen molar-refractivity contribution in [3.8, 4) is 0 Å². The minimum atomic E-state index is -0.0919. The van der Waals surface area contributed by atoms with Crippen molar-refractivity contribution in [2.75, 3.05) is 32.8 Å². The van der Waals surface area contributed by atoms with E-state index >= 15 is 0 Å². The fraction of sp³-hybridized carbons (Fsp3) is 0.650. The number of ether oxygens (including phenoxy) is 1. The van der Waals surface area contributed by atoms with Gasteiger partial charge in [-0.2, -0.15) is 0 Å². The van der Waals surface area contributed by atoms with Crippen molar-refractivity contribution in [2.24, 2.45) is 5.92 Å². The van der Waals surface area contributed by atoms with Crippen molar-refractivity contribution in [2.45, 2.75) is 46.2 Å². The zero-order valence-corrected chi connectivity index (χ0v) is 15.9. The highest BCUT2D eigenvalue weighted by Gasteiger charge is 2.27. The summed E-state index contributed by atoms with van der Waals surface area (Å²) in [6.07, 6.45) is 2.26. The van der Waals surface area contributed by atoms with Gasteiger partial charge in [-0.3, -0.25) is 4.90 Å². The lowest BCUT2D eigenvalue weighted by molar-refractivity contribution is 0.00237. The Morgan fingerprint density at radius 1 is 1.20 bits per heavy atom. The first-order valence-corrected chi connectivity index (χ1v) is 9.53. The van der Waals surface area contributed by atoms with Gasteiger partial charge in [-0.1, -0.05) is 56.5 Å². The first-order chi connectivity index (χ1) is 12.1. The second-order valence-corrected chi connectivity index (χ2v) is 6.84. The van der Waals surface area contributed by atoms with Crippen LogP contribution in [-0.2, 0) is 11.3 Å². The number of morpholine rings is 1. The summed E-state index contributed by atoms with van der Waals surface area (Å²) in [5.41, 5.74) is 2.33. The lowest BCUT2D eigenvalue weighted by Gasteiger charge is -2.38. The first-order valence-electron chi connectivity index (χ1n) is 9.53. The highest BCUT2D eigenvalue weighted by Crippen LogP contribution is 2.19. The molecule has 1 unspecified atom stereocenters. The lowest BCUT2D eigenvalue weighted by Crippen LogP contribution is -2.53. The summed E-state index contributed by atoms with van der Waals surface area (Å²) in [6, 6.07) is 8.50. The summed E-state index contributed by atoms with van der Waals surface area (Å²) in [5, 5.41) is 6.05. The number of urea groups is 1. The van der Waals surface area contributed by atoms with Crippen molar-refractivity contribution >= 4 is 6.03 Å². The normalized spacial score (nSPS) is 16.6. The lowest BCUT2D eigenvalue weighted by atomic mass is 9.92. The number of hydrogen-bond acceptors (Lipinski definition) is 3. The van der Waals surface area contributed by atoms with E-state index in [-0.39, 0.29) is 6.03 Å². The number of hydrogen-bond donors (Lipinski definition) is 2. The Bertz CT molecular complexity index is 525. The second kappa shape index (κ2) is 10.4. The van der Waals surface area contributed by atoms with Crippen LogP contribution in [0.1, 0.15) is 37.8 Å². The zero-order chi connectivity index (χ0) is 18.1. The molecule has 2 rings (SSSR count). The monoisotopic (exact) mass is 347 g/mol. The number of benzene rings is 1. The summed E-state index contributed by atoms with van der Waals surface area (Å²) in [7, 11) is 0. The van der Waals surface area contributed by atoms with E-state index in [2.05, 4.69) is 48.4 Å². The van der Waals surface area contributed by atoms with Gasteiger partial charge in [0.1, 0.15) is 0 Å². The van der Waals surface area contributed by atoms with E-state index in [1.165, 1.54) is 5.56 Å². The molecular formula is C20H33N3O2. The van der Waals surface area contributed by atoms with Crippen LogP contribution in [0.25, 0.3) is 0 Å². The Hall–Kier alpha value is -1.59. The van der Waals surface area contributed by atoms with E-state index < -0.39 is 0 Å². The van der Waals surface area contributed by atoms with Crippen molar-refractivity contribution < 1.29 is 9.53 Å². The van der Waals surface area contributed by atoms with Gasteiger partial charge in [-0.25, -0.2) is 4.79 Å². The van der Waals surface area contributed by atoms with Gasteiger partial charge in [0.2, 0.25) is 0 Å². The number of nitrogens with zero attached hydrogens (tertiary/aromatic N) is 1. The largest absolute Gasteiger partial charge is 0.379 e. The average Bonchev–Trinajstić information content (AvgIpc) is 2.64. The molecule has 0 bridgehead atoms. The van der Waals surface area contributed by atoms with Gasteiger partial charge in [0.25, 0.3) is 0 Å². The van der Waals surface area contributed by atoms with Gasteiger partial charge in [0.15, 0.2) is 0 Å². The number of carbonyl (C=O) groups excluding carboxylic acids is 1. The summed E-state index contributed by atoms with van der Waals surface area (Å²) < 4.78 is 5.48. The Kier molecular flexibility index (Phi) is 8.22. The smallest absolute Gasteiger partial charge is 0.315 e. The zero-order valence-electron chi connectivity index (χ0n) is 15.9. The summed E-state index contributed by atoms with van der Waals surface area (Å²) in [4.78, 5) is 14.7. The van der Waals surface area contributed by atoms with Crippen LogP contribution in [0, 0.1) is 12.8 Å². The topological polar surface area (TPSA) is 53.6 Å². The van der Waals surface area contributed by atoms with E-state index in [0.717, 1.165) is 44.7 Å². The predicted molar refractivity (Wildman–Crippen MR) is 102 cm³/mol. The molecule has 0 radical (unpaired) electrons. The summed E-state index contributed by atoms with van der Waals surface area (Å²) in [5.74, 6) is 0.593. The minimum Gasteiger partial charge on any atom is -0.379 e. The number of aryl methyl sites for hydroxylation is 1. The summed E-state index contributed by atoms with van der Waals surface area (Å²) >= 11 is 0. The van der Waals surface area contributed by atoms with Crippen LogP contribution in [-0.4, -0.2) is 49.8 Å². The van der Waals surface area contributed by atoms with Crippen molar-refractivity contribution in [1.29, 1.82) is 0 Å². The van der Waals surface area contributed by atoms with E-state index in [0.29, 0.717) is 25.0 Å². The van der Waals surface area contributed by atoms with Crippen LogP contribution < -0.4 is 10.6 Å². The van der Waals surface area contributed by atoms with Crippen LogP contribution in [0.2, 0.25) is 0 Å².